The van der Waals surface area contributed by atoms with Crippen LogP contribution in [0.2, 0.25) is 0 Å². The van der Waals surface area contributed by atoms with Gasteiger partial charge in [-0.1, -0.05) is 12.1 Å². The minimum absolute atomic E-state index is 0. The van der Waals surface area contributed by atoms with Gasteiger partial charge in [-0.25, -0.2) is 0 Å². The fourth-order valence-corrected chi connectivity index (χ4v) is 2.56. The van der Waals surface area contributed by atoms with Crippen molar-refractivity contribution in [2.75, 3.05) is 20.1 Å². The fourth-order valence-electron chi connectivity index (χ4n) is 2.56. The third kappa shape index (κ3) is 5.08. The number of likely N-dealkylation sites (tertiary alicyclic amines) is 1. The SMILES string of the molecule is CN=C(NCc1noc(C)n1)NC1CN(C(C)C)CC1C.I. The van der Waals surface area contributed by atoms with E-state index in [-0.39, 0.29) is 24.0 Å². The van der Waals surface area contributed by atoms with Crippen LogP contribution in [-0.4, -0.2) is 53.2 Å². The second-order valence-electron chi connectivity index (χ2n) is 5.93. The Morgan fingerprint density at radius 3 is 2.68 bits per heavy atom. The van der Waals surface area contributed by atoms with Gasteiger partial charge in [-0.15, -0.1) is 24.0 Å². The summed E-state index contributed by atoms with van der Waals surface area (Å²) in [6.07, 6.45) is 0. The first-order valence-electron chi connectivity index (χ1n) is 7.50. The van der Waals surface area contributed by atoms with Crippen molar-refractivity contribution in [2.24, 2.45) is 10.9 Å². The number of halogens is 1. The Morgan fingerprint density at radius 1 is 1.45 bits per heavy atom. The van der Waals surface area contributed by atoms with Gasteiger partial charge in [-0.05, 0) is 19.8 Å². The largest absolute Gasteiger partial charge is 0.352 e. The van der Waals surface area contributed by atoms with Crippen LogP contribution in [0.5, 0.6) is 0 Å². The van der Waals surface area contributed by atoms with Gasteiger partial charge in [0, 0.05) is 39.1 Å². The maximum atomic E-state index is 4.95. The highest BCUT2D eigenvalue weighted by molar-refractivity contribution is 14.0. The number of aromatic nitrogens is 2. The predicted molar refractivity (Wildman–Crippen MR) is 97.4 cm³/mol. The Balaban J connectivity index is 0.00000242. The average Bonchev–Trinajstić information content (AvgIpc) is 3.01. The molecule has 0 aliphatic carbocycles. The van der Waals surface area contributed by atoms with Gasteiger partial charge in [0.2, 0.25) is 5.89 Å². The Morgan fingerprint density at radius 2 is 2.18 bits per heavy atom. The van der Waals surface area contributed by atoms with E-state index >= 15 is 0 Å². The molecule has 8 heteroatoms. The van der Waals surface area contributed by atoms with Gasteiger partial charge in [0.15, 0.2) is 11.8 Å². The molecule has 1 aromatic rings. The molecule has 22 heavy (non-hydrogen) atoms. The highest BCUT2D eigenvalue weighted by Gasteiger charge is 2.31. The molecular weight excluding hydrogens is 395 g/mol. The van der Waals surface area contributed by atoms with Crippen LogP contribution in [0, 0.1) is 12.8 Å². The Labute approximate surface area is 149 Å². The predicted octanol–water partition coefficient (Wildman–Crippen LogP) is 1.39. The van der Waals surface area contributed by atoms with Crippen molar-refractivity contribution in [3.8, 4) is 0 Å². The summed E-state index contributed by atoms with van der Waals surface area (Å²) >= 11 is 0. The van der Waals surface area contributed by atoms with Crippen molar-refractivity contribution in [2.45, 2.75) is 46.3 Å². The summed E-state index contributed by atoms with van der Waals surface area (Å²) in [4.78, 5) is 10.9. The lowest BCUT2D eigenvalue weighted by Gasteiger charge is -2.21. The number of nitrogens with zero attached hydrogens (tertiary/aromatic N) is 4. The molecule has 0 aromatic carbocycles. The van der Waals surface area contributed by atoms with Gasteiger partial charge in [-0.3, -0.25) is 9.89 Å². The highest BCUT2D eigenvalue weighted by atomic mass is 127. The summed E-state index contributed by atoms with van der Waals surface area (Å²) in [6, 6.07) is 0.988. The molecule has 0 amide bonds. The zero-order valence-corrected chi connectivity index (χ0v) is 16.3. The summed E-state index contributed by atoms with van der Waals surface area (Å²) in [5.74, 6) is 2.59. The minimum Gasteiger partial charge on any atom is -0.352 e. The molecule has 0 bridgehead atoms. The molecule has 2 atom stereocenters. The van der Waals surface area contributed by atoms with Crippen molar-refractivity contribution in [1.29, 1.82) is 0 Å². The molecule has 1 aliphatic rings. The number of aryl methyl sites for hydroxylation is 1. The molecule has 2 heterocycles. The monoisotopic (exact) mass is 422 g/mol. The first kappa shape index (κ1) is 19.1. The third-order valence-electron chi connectivity index (χ3n) is 3.90. The van der Waals surface area contributed by atoms with Crippen LogP contribution in [0.15, 0.2) is 9.52 Å². The quantitative estimate of drug-likeness (QED) is 0.434. The summed E-state index contributed by atoms with van der Waals surface area (Å²) in [6.45, 7) is 11.2. The Kier molecular flexibility index (Phi) is 7.54. The van der Waals surface area contributed by atoms with E-state index in [9.17, 15) is 0 Å². The second kappa shape index (κ2) is 8.66. The number of aliphatic imine (C=N–C) groups is 1. The van der Waals surface area contributed by atoms with Crippen LogP contribution >= 0.6 is 24.0 Å². The molecule has 1 aliphatic heterocycles. The molecule has 1 fully saturated rings. The van der Waals surface area contributed by atoms with Crippen LogP contribution < -0.4 is 10.6 Å². The lowest BCUT2D eigenvalue weighted by Crippen LogP contribution is -2.46. The topological polar surface area (TPSA) is 78.6 Å². The number of hydrogen-bond acceptors (Lipinski definition) is 5. The maximum absolute atomic E-state index is 4.95. The van der Waals surface area contributed by atoms with Crippen molar-refractivity contribution in [3.63, 3.8) is 0 Å². The Hall–Kier alpha value is -0.900. The van der Waals surface area contributed by atoms with Crippen molar-refractivity contribution < 1.29 is 4.52 Å². The summed E-state index contributed by atoms with van der Waals surface area (Å²) in [5, 5.41) is 10.6. The van der Waals surface area contributed by atoms with E-state index in [0.717, 1.165) is 19.0 Å². The molecule has 2 unspecified atom stereocenters. The van der Waals surface area contributed by atoms with E-state index in [1.54, 1.807) is 14.0 Å². The molecule has 2 N–H and O–H groups in total. The molecule has 0 spiro atoms. The molecular formula is C14H27IN6O. The summed E-state index contributed by atoms with van der Waals surface area (Å²) in [7, 11) is 1.77. The van der Waals surface area contributed by atoms with E-state index in [2.05, 4.69) is 51.4 Å². The molecule has 2 rings (SSSR count). The molecule has 0 radical (unpaired) electrons. The average molecular weight is 422 g/mol. The minimum atomic E-state index is 0. The van der Waals surface area contributed by atoms with Crippen molar-refractivity contribution in [3.05, 3.63) is 11.7 Å². The lowest BCUT2D eigenvalue weighted by molar-refractivity contribution is 0.265. The maximum Gasteiger partial charge on any atom is 0.223 e. The standard InChI is InChI=1S/C14H26N6O.HI/c1-9(2)20-7-10(3)12(8-20)18-14(15-5)16-6-13-17-11(4)21-19-13;/h9-10,12H,6-8H2,1-5H3,(H2,15,16,18);1H. The van der Waals surface area contributed by atoms with Gasteiger partial charge in [0.05, 0.1) is 6.54 Å². The second-order valence-corrected chi connectivity index (χ2v) is 5.93. The highest BCUT2D eigenvalue weighted by Crippen LogP contribution is 2.18. The van der Waals surface area contributed by atoms with Gasteiger partial charge < -0.3 is 15.2 Å². The van der Waals surface area contributed by atoms with E-state index in [1.807, 2.05) is 0 Å². The van der Waals surface area contributed by atoms with Gasteiger partial charge in [0.1, 0.15) is 0 Å². The fraction of sp³-hybridized carbons (Fsp3) is 0.786. The van der Waals surface area contributed by atoms with Gasteiger partial charge in [-0.2, -0.15) is 4.98 Å². The zero-order chi connectivity index (χ0) is 15.4. The summed E-state index contributed by atoms with van der Waals surface area (Å²) < 4.78 is 4.95. The normalized spacial score (nSPS) is 22.7. The van der Waals surface area contributed by atoms with E-state index in [1.165, 1.54) is 0 Å². The van der Waals surface area contributed by atoms with E-state index < -0.39 is 0 Å². The number of nitrogens with one attached hydrogen (secondary N) is 2. The number of guanidine groups is 1. The first-order valence-corrected chi connectivity index (χ1v) is 7.50. The van der Waals surface area contributed by atoms with E-state index in [4.69, 9.17) is 4.52 Å². The Bertz CT molecular complexity index is 489. The van der Waals surface area contributed by atoms with Crippen molar-refractivity contribution >= 4 is 29.9 Å². The molecule has 1 saturated heterocycles. The molecule has 1 aromatic heterocycles. The summed E-state index contributed by atoms with van der Waals surface area (Å²) in [5.41, 5.74) is 0. The molecule has 126 valence electrons. The smallest absolute Gasteiger partial charge is 0.223 e. The van der Waals surface area contributed by atoms with Crippen molar-refractivity contribution in [1.82, 2.24) is 25.7 Å². The van der Waals surface area contributed by atoms with Crippen LogP contribution in [0.1, 0.15) is 32.5 Å². The molecule has 0 saturated carbocycles. The van der Waals surface area contributed by atoms with Gasteiger partial charge >= 0.3 is 0 Å². The molecule has 7 nitrogen and oxygen atoms in total. The van der Waals surface area contributed by atoms with Crippen LogP contribution in [0.25, 0.3) is 0 Å². The van der Waals surface area contributed by atoms with Crippen LogP contribution in [0.4, 0.5) is 0 Å². The van der Waals surface area contributed by atoms with E-state index in [0.29, 0.717) is 36.3 Å². The van der Waals surface area contributed by atoms with Crippen LogP contribution in [-0.2, 0) is 6.54 Å². The third-order valence-corrected chi connectivity index (χ3v) is 3.90. The number of hydrogen-bond donors (Lipinski definition) is 2. The van der Waals surface area contributed by atoms with Gasteiger partial charge in [0.25, 0.3) is 0 Å². The number of rotatable bonds is 4. The zero-order valence-electron chi connectivity index (χ0n) is 14.0. The lowest BCUT2D eigenvalue weighted by atomic mass is 10.1. The van der Waals surface area contributed by atoms with Crippen LogP contribution in [0.3, 0.4) is 0 Å². The first-order chi connectivity index (χ1) is 9.99.